The van der Waals surface area contributed by atoms with Crippen molar-refractivity contribution in [2.24, 2.45) is 0 Å². The molecule has 110 valence electrons. The molecule has 1 unspecified atom stereocenters. The fourth-order valence-corrected chi connectivity index (χ4v) is 3.39. The maximum atomic E-state index is 9.48. The van der Waals surface area contributed by atoms with Crippen LogP contribution in [0.3, 0.4) is 0 Å². The molecular weight excluding hydrogens is 262 g/mol. The summed E-state index contributed by atoms with van der Waals surface area (Å²) in [5.74, 6) is 0. The molecule has 1 N–H and O–H groups in total. The molecule has 4 heteroatoms. The zero-order valence-electron chi connectivity index (χ0n) is 12.2. The first kappa shape index (κ1) is 14.1. The lowest BCUT2D eigenvalue weighted by Crippen LogP contribution is -2.39. The molecule has 2 aromatic heterocycles. The average Bonchev–Trinajstić information content (AvgIpc) is 2.86. The summed E-state index contributed by atoms with van der Waals surface area (Å²) in [6.07, 6.45) is 8.48. The van der Waals surface area contributed by atoms with Crippen LogP contribution in [0.25, 0.3) is 5.52 Å². The highest BCUT2D eigenvalue weighted by molar-refractivity contribution is 5.65. The molecule has 0 saturated carbocycles. The van der Waals surface area contributed by atoms with Gasteiger partial charge in [0.1, 0.15) is 6.07 Å². The van der Waals surface area contributed by atoms with E-state index in [1.807, 2.05) is 28.8 Å². The first-order valence-corrected chi connectivity index (χ1v) is 7.67. The van der Waals surface area contributed by atoms with Gasteiger partial charge in [-0.2, -0.15) is 5.26 Å². The second-order valence-corrected chi connectivity index (χ2v) is 5.77. The third kappa shape index (κ3) is 2.80. The highest BCUT2D eigenvalue weighted by Crippen LogP contribution is 2.25. The molecule has 0 aliphatic carbocycles. The number of fused-ring (bicyclic) bond motifs is 1. The molecule has 1 atom stereocenters. The highest BCUT2D eigenvalue weighted by Gasteiger charge is 2.23. The zero-order chi connectivity index (χ0) is 14.7. The van der Waals surface area contributed by atoms with Gasteiger partial charge in [0.25, 0.3) is 0 Å². The van der Waals surface area contributed by atoms with Crippen molar-refractivity contribution in [1.82, 2.24) is 9.30 Å². The van der Waals surface area contributed by atoms with Crippen LogP contribution in [0.5, 0.6) is 0 Å². The van der Waals surface area contributed by atoms with Gasteiger partial charge in [-0.05, 0) is 37.9 Å². The molecule has 0 spiro atoms. The van der Waals surface area contributed by atoms with Crippen LogP contribution < -0.4 is 0 Å². The number of rotatable bonds is 4. The topological polar surface area (TPSA) is 51.7 Å². The monoisotopic (exact) mass is 283 g/mol. The Morgan fingerprint density at radius 1 is 1.33 bits per heavy atom. The number of pyridine rings is 1. The highest BCUT2D eigenvalue weighted by atomic mass is 16.3. The summed E-state index contributed by atoms with van der Waals surface area (Å²) in [4.78, 5) is 2.43. The maximum Gasteiger partial charge on any atom is 0.102 e. The van der Waals surface area contributed by atoms with Crippen molar-refractivity contribution >= 4 is 5.52 Å². The lowest BCUT2D eigenvalue weighted by Gasteiger charge is -2.35. The third-order valence-corrected chi connectivity index (χ3v) is 4.46. The van der Waals surface area contributed by atoms with E-state index in [4.69, 9.17) is 0 Å². The van der Waals surface area contributed by atoms with Gasteiger partial charge in [0, 0.05) is 37.2 Å². The summed E-state index contributed by atoms with van der Waals surface area (Å²) in [7, 11) is 0. The molecule has 3 heterocycles. The second kappa shape index (κ2) is 6.30. The van der Waals surface area contributed by atoms with Crippen LogP contribution in [0.2, 0.25) is 0 Å². The van der Waals surface area contributed by atoms with Crippen molar-refractivity contribution in [2.45, 2.75) is 38.3 Å². The Hall–Kier alpha value is -1.83. The number of nitrogens with zero attached hydrogens (tertiary/aromatic N) is 3. The Morgan fingerprint density at radius 3 is 3.05 bits per heavy atom. The van der Waals surface area contributed by atoms with E-state index < -0.39 is 0 Å². The lowest BCUT2D eigenvalue weighted by molar-refractivity contribution is 0.112. The first-order valence-electron chi connectivity index (χ1n) is 7.67. The summed E-state index contributed by atoms with van der Waals surface area (Å²) in [6.45, 7) is 2.10. The molecule has 1 aliphatic heterocycles. The van der Waals surface area contributed by atoms with Gasteiger partial charge >= 0.3 is 0 Å². The third-order valence-electron chi connectivity index (χ3n) is 4.46. The first-order chi connectivity index (χ1) is 10.3. The van der Waals surface area contributed by atoms with Gasteiger partial charge < -0.3 is 9.51 Å². The van der Waals surface area contributed by atoms with E-state index >= 15 is 0 Å². The number of hydrogen-bond acceptors (Lipinski definition) is 3. The maximum absolute atomic E-state index is 9.48. The minimum atomic E-state index is 0.240. The number of hydrogen-bond donors (Lipinski definition) is 1. The predicted molar refractivity (Wildman–Crippen MR) is 81.9 cm³/mol. The molecule has 0 aromatic carbocycles. The Kier molecular flexibility index (Phi) is 4.23. The molecule has 0 radical (unpaired) electrons. The van der Waals surface area contributed by atoms with Crippen molar-refractivity contribution in [3.63, 3.8) is 0 Å². The Morgan fingerprint density at radius 2 is 2.24 bits per heavy atom. The Balaban J connectivity index is 1.88. The van der Waals surface area contributed by atoms with Crippen molar-refractivity contribution in [3.05, 3.63) is 41.7 Å². The molecule has 4 nitrogen and oxygen atoms in total. The van der Waals surface area contributed by atoms with Crippen LogP contribution in [0.15, 0.2) is 30.6 Å². The number of aliphatic hydroxyl groups excluding tert-OH is 1. The average molecular weight is 283 g/mol. The summed E-state index contributed by atoms with van der Waals surface area (Å²) >= 11 is 0. The molecule has 1 saturated heterocycles. The van der Waals surface area contributed by atoms with E-state index in [2.05, 4.69) is 17.2 Å². The van der Waals surface area contributed by atoms with Gasteiger partial charge in [-0.3, -0.25) is 4.90 Å². The van der Waals surface area contributed by atoms with Gasteiger partial charge in [-0.1, -0.05) is 12.5 Å². The molecule has 0 bridgehead atoms. The molecule has 3 rings (SSSR count). The number of nitriles is 1. The van der Waals surface area contributed by atoms with Gasteiger partial charge in [-0.25, -0.2) is 0 Å². The summed E-state index contributed by atoms with van der Waals surface area (Å²) in [5, 5.41) is 18.7. The summed E-state index contributed by atoms with van der Waals surface area (Å²) in [5.41, 5.74) is 2.85. The van der Waals surface area contributed by atoms with Crippen LogP contribution in [0.4, 0.5) is 0 Å². The number of likely N-dealkylation sites (tertiary alicyclic amines) is 1. The lowest BCUT2D eigenvalue weighted by atomic mass is 9.98. The van der Waals surface area contributed by atoms with Gasteiger partial charge in [0.15, 0.2) is 0 Å². The molecule has 21 heavy (non-hydrogen) atoms. The van der Waals surface area contributed by atoms with E-state index in [0.29, 0.717) is 6.04 Å². The van der Waals surface area contributed by atoms with E-state index in [1.165, 1.54) is 12.8 Å². The zero-order valence-corrected chi connectivity index (χ0v) is 12.2. The molecular formula is C17H21N3O. The Bertz CT molecular complexity index is 654. The SMILES string of the molecule is N#Cc1c(CN2CCCCC2CCO)cn2ccccc12. The van der Waals surface area contributed by atoms with Crippen molar-refractivity contribution in [3.8, 4) is 6.07 Å². The fourth-order valence-electron chi connectivity index (χ4n) is 3.39. The van der Waals surface area contributed by atoms with Gasteiger partial charge in [-0.15, -0.1) is 0 Å². The van der Waals surface area contributed by atoms with Crippen molar-refractivity contribution in [2.75, 3.05) is 13.2 Å². The van der Waals surface area contributed by atoms with Crippen molar-refractivity contribution < 1.29 is 5.11 Å². The van der Waals surface area contributed by atoms with Crippen LogP contribution in [-0.2, 0) is 6.54 Å². The van der Waals surface area contributed by atoms with Gasteiger partial charge in [0.2, 0.25) is 0 Å². The molecule has 1 fully saturated rings. The standard InChI is InChI=1S/C17H21N3O/c18-11-16-14(13-20-9-4-2-6-17(16)20)12-19-8-3-1-5-15(19)7-10-21/h2,4,6,9,13,15,21H,1,3,5,7-8,10,12H2. The predicted octanol–water partition coefficient (Wildman–Crippen LogP) is 2.55. The summed E-state index contributed by atoms with van der Waals surface area (Å²) < 4.78 is 2.03. The largest absolute Gasteiger partial charge is 0.396 e. The normalized spacial score (nSPS) is 19.7. The summed E-state index contributed by atoms with van der Waals surface area (Å²) in [6, 6.07) is 8.74. The van der Waals surface area contributed by atoms with E-state index in [1.54, 1.807) is 0 Å². The number of piperidine rings is 1. The minimum Gasteiger partial charge on any atom is -0.396 e. The van der Waals surface area contributed by atoms with Gasteiger partial charge in [0.05, 0.1) is 11.1 Å². The number of aliphatic hydroxyl groups is 1. The van der Waals surface area contributed by atoms with Crippen LogP contribution in [0, 0.1) is 11.3 Å². The quantitative estimate of drug-likeness (QED) is 0.938. The Labute approximate surface area is 125 Å². The van der Waals surface area contributed by atoms with Crippen LogP contribution in [0.1, 0.15) is 36.8 Å². The van der Waals surface area contributed by atoms with E-state index in [-0.39, 0.29) is 6.61 Å². The number of aromatic nitrogens is 1. The second-order valence-electron chi connectivity index (χ2n) is 5.77. The molecule has 0 amide bonds. The van der Waals surface area contributed by atoms with E-state index in [9.17, 15) is 10.4 Å². The van der Waals surface area contributed by atoms with Crippen LogP contribution in [-0.4, -0.2) is 33.6 Å². The molecule has 2 aromatic rings. The minimum absolute atomic E-state index is 0.240. The van der Waals surface area contributed by atoms with Crippen LogP contribution >= 0.6 is 0 Å². The van der Waals surface area contributed by atoms with E-state index in [0.717, 1.165) is 42.6 Å². The van der Waals surface area contributed by atoms with Crippen molar-refractivity contribution in [1.29, 1.82) is 5.26 Å². The fraction of sp³-hybridized carbons (Fsp3) is 0.471. The smallest absolute Gasteiger partial charge is 0.102 e. The molecule has 1 aliphatic rings.